The molecule has 2 aromatic heterocycles. The molecule has 0 spiro atoms. The molecule has 0 bridgehead atoms. The number of imidazole rings is 1. The number of aryl methyl sites for hydroxylation is 2. The van der Waals surface area contributed by atoms with E-state index in [4.69, 9.17) is 5.73 Å². The van der Waals surface area contributed by atoms with Crippen molar-refractivity contribution in [2.24, 2.45) is 5.92 Å². The number of H-pyrrole nitrogens is 1. The van der Waals surface area contributed by atoms with E-state index in [-0.39, 0.29) is 0 Å². The van der Waals surface area contributed by atoms with Crippen LogP contribution in [0.15, 0.2) is 6.07 Å². The summed E-state index contributed by atoms with van der Waals surface area (Å²) in [6.45, 7) is 1.94. The second kappa shape index (κ2) is 3.47. The van der Waals surface area contributed by atoms with Crippen LogP contribution in [0.1, 0.15) is 30.8 Å². The van der Waals surface area contributed by atoms with Crippen molar-refractivity contribution < 1.29 is 0 Å². The van der Waals surface area contributed by atoms with Crippen LogP contribution in [0, 0.1) is 12.8 Å². The van der Waals surface area contributed by atoms with Crippen molar-refractivity contribution in [3.8, 4) is 0 Å². The Kier molecular flexibility index (Phi) is 2.09. The minimum atomic E-state index is 0.531. The molecular formula is C12H16N4. The Labute approximate surface area is 94.3 Å². The van der Waals surface area contributed by atoms with E-state index in [1.807, 2.05) is 13.0 Å². The summed E-state index contributed by atoms with van der Waals surface area (Å²) < 4.78 is 0. The summed E-state index contributed by atoms with van der Waals surface area (Å²) in [5.74, 6) is 2.51. The molecule has 0 aromatic carbocycles. The highest BCUT2D eigenvalue weighted by Gasteiger charge is 2.21. The van der Waals surface area contributed by atoms with Gasteiger partial charge >= 0.3 is 0 Å². The van der Waals surface area contributed by atoms with E-state index >= 15 is 0 Å². The number of pyridine rings is 1. The topological polar surface area (TPSA) is 67.6 Å². The summed E-state index contributed by atoms with van der Waals surface area (Å²) in [4.78, 5) is 12.1. The van der Waals surface area contributed by atoms with E-state index in [1.54, 1.807) is 0 Å². The number of nitrogen functional groups attached to an aromatic ring is 1. The quantitative estimate of drug-likeness (QED) is 0.826. The fourth-order valence-electron chi connectivity index (χ4n) is 2.09. The van der Waals surface area contributed by atoms with Crippen molar-refractivity contribution >= 4 is 16.9 Å². The van der Waals surface area contributed by atoms with E-state index in [1.165, 1.54) is 19.3 Å². The Bertz CT molecular complexity index is 525. The minimum absolute atomic E-state index is 0.531. The zero-order valence-corrected chi connectivity index (χ0v) is 9.45. The van der Waals surface area contributed by atoms with Gasteiger partial charge in [0.1, 0.15) is 11.3 Å². The Morgan fingerprint density at radius 3 is 3.00 bits per heavy atom. The van der Waals surface area contributed by atoms with Gasteiger partial charge in [-0.2, -0.15) is 0 Å². The van der Waals surface area contributed by atoms with Gasteiger partial charge in [0.2, 0.25) is 0 Å². The van der Waals surface area contributed by atoms with E-state index in [0.717, 1.165) is 34.9 Å². The molecule has 0 radical (unpaired) electrons. The van der Waals surface area contributed by atoms with Crippen LogP contribution >= 0.6 is 0 Å². The van der Waals surface area contributed by atoms with Gasteiger partial charge in [0.15, 0.2) is 5.82 Å². The molecule has 1 aliphatic rings. The molecule has 1 aliphatic carbocycles. The number of nitrogens with zero attached hydrogens (tertiary/aromatic N) is 2. The van der Waals surface area contributed by atoms with E-state index < -0.39 is 0 Å². The van der Waals surface area contributed by atoms with Gasteiger partial charge in [0.25, 0.3) is 0 Å². The SMILES string of the molecule is Cc1cc2[nH]c(CCC3CC3)nc2c(N)n1. The summed E-state index contributed by atoms with van der Waals surface area (Å²) in [7, 11) is 0. The Morgan fingerprint density at radius 1 is 1.44 bits per heavy atom. The van der Waals surface area contributed by atoms with Gasteiger partial charge in [-0.25, -0.2) is 9.97 Å². The number of aromatic amines is 1. The average Bonchev–Trinajstić information content (AvgIpc) is 2.96. The lowest BCUT2D eigenvalue weighted by molar-refractivity contribution is 0.705. The zero-order chi connectivity index (χ0) is 11.1. The second-order valence-corrected chi connectivity index (χ2v) is 4.71. The molecule has 2 heterocycles. The van der Waals surface area contributed by atoms with E-state index in [2.05, 4.69) is 15.0 Å². The monoisotopic (exact) mass is 216 g/mol. The van der Waals surface area contributed by atoms with Crippen molar-refractivity contribution in [3.05, 3.63) is 17.6 Å². The Balaban J connectivity index is 1.91. The van der Waals surface area contributed by atoms with Crippen molar-refractivity contribution in [3.63, 3.8) is 0 Å². The smallest absolute Gasteiger partial charge is 0.151 e. The van der Waals surface area contributed by atoms with Crippen LogP contribution in [-0.4, -0.2) is 15.0 Å². The molecule has 1 fully saturated rings. The first-order valence-corrected chi connectivity index (χ1v) is 5.84. The summed E-state index contributed by atoms with van der Waals surface area (Å²) in [6.07, 6.45) is 5.05. The molecule has 0 unspecified atom stereocenters. The fourth-order valence-corrected chi connectivity index (χ4v) is 2.09. The first-order valence-electron chi connectivity index (χ1n) is 5.84. The molecular weight excluding hydrogens is 200 g/mol. The van der Waals surface area contributed by atoms with Gasteiger partial charge in [-0.1, -0.05) is 12.8 Å². The van der Waals surface area contributed by atoms with Gasteiger partial charge < -0.3 is 10.7 Å². The average molecular weight is 216 g/mol. The predicted molar refractivity (Wildman–Crippen MR) is 64.1 cm³/mol. The molecule has 0 aliphatic heterocycles. The van der Waals surface area contributed by atoms with Crippen LogP contribution in [-0.2, 0) is 6.42 Å². The lowest BCUT2D eigenvalue weighted by Crippen LogP contribution is -1.93. The number of aromatic nitrogens is 3. The van der Waals surface area contributed by atoms with Crippen LogP contribution in [0.3, 0.4) is 0 Å². The number of rotatable bonds is 3. The maximum atomic E-state index is 5.85. The first kappa shape index (κ1) is 9.63. The van der Waals surface area contributed by atoms with E-state index in [9.17, 15) is 0 Å². The largest absolute Gasteiger partial charge is 0.382 e. The van der Waals surface area contributed by atoms with Crippen molar-refractivity contribution in [1.29, 1.82) is 0 Å². The highest BCUT2D eigenvalue weighted by molar-refractivity contribution is 5.85. The summed E-state index contributed by atoms with van der Waals surface area (Å²) in [5.41, 5.74) is 8.60. The molecule has 4 nitrogen and oxygen atoms in total. The summed E-state index contributed by atoms with van der Waals surface area (Å²) in [5, 5.41) is 0. The minimum Gasteiger partial charge on any atom is -0.382 e. The predicted octanol–water partition coefficient (Wildman–Crippen LogP) is 2.19. The third kappa shape index (κ3) is 1.75. The Morgan fingerprint density at radius 2 is 2.25 bits per heavy atom. The van der Waals surface area contributed by atoms with E-state index in [0.29, 0.717) is 5.82 Å². The Hall–Kier alpha value is -1.58. The fraction of sp³-hybridized carbons (Fsp3) is 0.500. The molecule has 0 saturated heterocycles. The van der Waals surface area contributed by atoms with Gasteiger partial charge in [-0.15, -0.1) is 0 Å². The number of anilines is 1. The van der Waals surface area contributed by atoms with Crippen molar-refractivity contribution in [1.82, 2.24) is 15.0 Å². The maximum Gasteiger partial charge on any atom is 0.151 e. The molecule has 4 heteroatoms. The normalized spacial score (nSPS) is 15.8. The van der Waals surface area contributed by atoms with Crippen LogP contribution in [0.5, 0.6) is 0 Å². The molecule has 3 N–H and O–H groups in total. The summed E-state index contributed by atoms with van der Waals surface area (Å²) in [6, 6.07) is 2.00. The molecule has 0 amide bonds. The third-order valence-corrected chi connectivity index (χ3v) is 3.16. The number of hydrogen-bond acceptors (Lipinski definition) is 3. The lowest BCUT2D eigenvalue weighted by atomic mass is 10.2. The van der Waals surface area contributed by atoms with Crippen LogP contribution in [0.4, 0.5) is 5.82 Å². The number of nitrogens with two attached hydrogens (primary N) is 1. The molecule has 0 atom stereocenters. The van der Waals surface area contributed by atoms with Gasteiger partial charge in [0.05, 0.1) is 5.52 Å². The van der Waals surface area contributed by atoms with Crippen LogP contribution in [0.25, 0.3) is 11.0 Å². The third-order valence-electron chi connectivity index (χ3n) is 3.16. The lowest BCUT2D eigenvalue weighted by Gasteiger charge is -1.95. The molecule has 16 heavy (non-hydrogen) atoms. The van der Waals surface area contributed by atoms with Gasteiger partial charge in [-0.05, 0) is 25.3 Å². The summed E-state index contributed by atoms with van der Waals surface area (Å²) >= 11 is 0. The van der Waals surface area contributed by atoms with Crippen LogP contribution < -0.4 is 5.73 Å². The molecule has 1 saturated carbocycles. The molecule has 3 rings (SSSR count). The molecule has 84 valence electrons. The first-order chi connectivity index (χ1) is 7.72. The standard InChI is InChI=1S/C12H16N4/c1-7-6-9-11(12(13)14-7)16-10(15-9)5-4-8-2-3-8/h6,8H,2-5H2,1H3,(H2,13,14)(H,15,16). The molecule has 2 aromatic rings. The zero-order valence-electron chi connectivity index (χ0n) is 9.45. The second-order valence-electron chi connectivity index (χ2n) is 4.71. The van der Waals surface area contributed by atoms with Gasteiger partial charge in [-0.3, -0.25) is 0 Å². The van der Waals surface area contributed by atoms with Crippen molar-refractivity contribution in [2.75, 3.05) is 5.73 Å². The highest BCUT2D eigenvalue weighted by Crippen LogP contribution is 2.33. The number of nitrogens with one attached hydrogen (secondary N) is 1. The maximum absolute atomic E-state index is 5.85. The van der Waals surface area contributed by atoms with Crippen molar-refractivity contribution in [2.45, 2.75) is 32.6 Å². The van der Waals surface area contributed by atoms with Gasteiger partial charge in [0, 0.05) is 12.1 Å². The number of fused-ring (bicyclic) bond motifs is 1. The highest BCUT2D eigenvalue weighted by atomic mass is 15.0. The van der Waals surface area contributed by atoms with Crippen LogP contribution in [0.2, 0.25) is 0 Å². The number of hydrogen-bond donors (Lipinski definition) is 2.